The number of nitrogens with one attached hydrogen (secondary N) is 1. The number of primary amides is 1. The smallest absolute Gasteiger partial charge is 0.244 e. The molecule has 0 unspecified atom stereocenters. The number of hydrogen-bond acceptors (Lipinski definition) is 3. The number of phenols is 1. The lowest BCUT2D eigenvalue weighted by molar-refractivity contribution is -0.118. The number of nitrogens with two attached hydrogens (primary N) is 1. The standard InChI is InChI=1S/C15H14ClFN2O2/c1-8-4-10(17)7-11(5-8)19-14(15(18)21)9-2-3-13(20)12(16)6-9/h2-7,14,19-20H,1H3,(H2,18,21)/t14-/m1/s1. The molecular weight excluding hydrogens is 295 g/mol. The summed E-state index contributed by atoms with van der Waals surface area (Å²) in [5, 5.41) is 12.4. The molecule has 21 heavy (non-hydrogen) atoms. The van der Waals surface area contributed by atoms with E-state index in [1.54, 1.807) is 13.0 Å². The van der Waals surface area contributed by atoms with Gasteiger partial charge < -0.3 is 16.2 Å². The van der Waals surface area contributed by atoms with Crippen LogP contribution in [0.4, 0.5) is 10.1 Å². The molecule has 0 bridgehead atoms. The zero-order valence-electron chi connectivity index (χ0n) is 11.2. The average Bonchev–Trinajstić information content (AvgIpc) is 2.38. The number of aryl methyl sites for hydroxylation is 1. The highest BCUT2D eigenvalue weighted by Crippen LogP contribution is 2.28. The summed E-state index contributed by atoms with van der Waals surface area (Å²) in [4.78, 5) is 11.6. The van der Waals surface area contributed by atoms with Gasteiger partial charge in [-0.15, -0.1) is 0 Å². The Morgan fingerprint density at radius 1 is 1.33 bits per heavy atom. The van der Waals surface area contributed by atoms with Gasteiger partial charge in [0.25, 0.3) is 0 Å². The summed E-state index contributed by atoms with van der Waals surface area (Å²) in [6.07, 6.45) is 0. The van der Waals surface area contributed by atoms with Gasteiger partial charge in [0.05, 0.1) is 5.02 Å². The minimum Gasteiger partial charge on any atom is -0.506 e. The van der Waals surface area contributed by atoms with Gasteiger partial charge in [0.2, 0.25) is 5.91 Å². The van der Waals surface area contributed by atoms with E-state index in [2.05, 4.69) is 5.32 Å². The first kappa shape index (κ1) is 15.1. The highest BCUT2D eigenvalue weighted by atomic mass is 35.5. The predicted molar refractivity (Wildman–Crippen MR) is 79.8 cm³/mol. The lowest BCUT2D eigenvalue weighted by Crippen LogP contribution is -2.27. The van der Waals surface area contributed by atoms with Crippen molar-refractivity contribution in [2.45, 2.75) is 13.0 Å². The maximum atomic E-state index is 13.4. The normalized spacial score (nSPS) is 12.0. The van der Waals surface area contributed by atoms with Crippen LogP contribution in [0.1, 0.15) is 17.2 Å². The number of carbonyl (C=O) groups is 1. The van der Waals surface area contributed by atoms with E-state index in [9.17, 15) is 14.3 Å². The van der Waals surface area contributed by atoms with Crippen LogP contribution in [0.2, 0.25) is 5.02 Å². The van der Waals surface area contributed by atoms with E-state index in [1.807, 2.05) is 0 Å². The number of anilines is 1. The summed E-state index contributed by atoms with van der Waals surface area (Å²) in [6.45, 7) is 1.74. The van der Waals surface area contributed by atoms with Crippen molar-refractivity contribution in [3.8, 4) is 5.75 Å². The van der Waals surface area contributed by atoms with Crippen molar-refractivity contribution < 1.29 is 14.3 Å². The van der Waals surface area contributed by atoms with Gasteiger partial charge in [-0.3, -0.25) is 4.79 Å². The summed E-state index contributed by atoms with van der Waals surface area (Å²) in [6, 6.07) is 7.78. The fourth-order valence-electron chi connectivity index (χ4n) is 2.01. The topological polar surface area (TPSA) is 75.3 Å². The number of hydrogen-bond donors (Lipinski definition) is 3. The Balaban J connectivity index is 2.35. The largest absolute Gasteiger partial charge is 0.506 e. The molecule has 0 saturated carbocycles. The number of halogens is 2. The van der Waals surface area contributed by atoms with Crippen molar-refractivity contribution in [3.05, 3.63) is 58.4 Å². The van der Waals surface area contributed by atoms with Crippen LogP contribution in [0, 0.1) is 12.7 Å². The van der Waals surface area contributed by atoms with Crippen molar-refractivity contribution in [2.75, 3.05) is 5.32 Å². The lowest BCUT2D eigenvalue weighted by Gasteiger charge is -2.18. The SMILES string of the molecule is Cc1cc(F)cc(N[C@@H](C(N)=O)c2ccc(O)c(Cl)c2)c1. The highest BCUT2D eigenvalue weighted by Gasteiger charge is 2.19. The van der Waals surface area contributed by atoms with Crippen LogP contribution < -0.4 is 11.1 Å². The lowest BCUT2D eigenvalue weighted by atomic mass is 10.1. The Morgan fingerprint density at radius 2 is 2.05 bits per heavy atom. The molecule has 0 radical (unpaired) electrons. The Hall–Kier alpha value is -2.27. The van der Waals surface area contributed by atoms with E-state index >= 15 is 0 Å². The summed E-state index contributed by atoms with van der Waals surface area (Å²) in [5.74, 6) is -1.15. The zero-order chi connectivity index (χ0) is 15.6. The van der Waals surface area contributed by atoms with Crippen LogP contribution in [0.5, 0.6) is 5.75 Å². The van der Waals surface area contributed by atoms with Gasteiger partial charge in [0, 0.05) is 5.69 Å². The van der Waals surface area contributed by atoms with Gasteiger partial charge in [-0.25, -0.2) is 4.39 Å². The first-order valence-electron chi connectivity index (χ1n) is 6.18. The minimum absolute atomic E-state index is 0.0924. The zero-order valence-corrected chi connectivity index (χ0v) is 12.0. The molecule has 0 heterocycles. The Kier molecular flexibility index (Phi) is 4.33. The van der Waals surface area contributed by atoms with Crippen LogP contribution in [0.3, 0.4) is 0 Å². The van der Waals surface area contributed by atoms with Crippen molar-refractivity contribution >= 4 is 23.2 Å². The summed E-state index contributed by atoms with van der Waals surface area (Å²) in [7, 11) is 0. The van der Waals surface area contributed by atoms with Gasteiger partial charge in [-0.2, -0.15) is 0 Å². The number of phenolic OH excluding ortho intramolecular Hbond substituents is 1. The van der Waals surface area contributed by atoms with Crippen molar-refractivity contribution in [2.24, 2.45) is 5.73 Å². The average molecular weight is 309 g/mol. The maximum Gasteiger partial charge on any atom is 0.244 e. The number of amides is 1. The maximum absolute atomic E-state index is 13.4. The van der Waals surface area contributed by atoms with Crippen LogP contribution in [-0.2, 0) is 4.79 Å². The third kappa shape index (κ3) is 3.64. The fourth-order valence-corrected chi connectivity index (χ4v) is 2.20. The molecule has 2 aromatic rings. The third-order valence-electron chi connectivity index (χ3n) is 2.94. The molecule has 0 aliphatic carbocycles. The third-order valence-corrected chi connectivity index (χ3v) is 3.25. The second-order valence-corrected chi connectivity index (χ2v) is 5.12. The summed E-state index contributed by atoms with van der Waals surface area (Å²) >= 11 is 5.83. The second kappa shape index (κ2) is 6.01. The molecule has 6 heteroatoms. The Morgan fingerprint density at radius 3 is 2.62 bits per heavy atom. The van der Waals surface area contributed by atoms with Crippen molar-refractivity contribution in [1.82, 2.24) is 0 Å². The number of aromatic hydroxyl groups is 1. The fraction of sp³-hybridized carbons (Fsp3) is 0.133. The van der Waals surface area contributed by atoms with Crippen LogP contribution in [0.25, 0.3) is 0 Å². The molecule has 0 spiro atoms. The summed E-state index contributed by atoms with van der Waals surface area (Å²) < 4.78 is 13.4. The molecule has 0 aliphatic heterocycles. The Bertz CT molecular complexity index is 671. The van der Waals surface area contributed by atoms with Gasteiger partial charge in [0.1, 0.15) is 17.6 Å². The van der Waals surface area contributed by atoms with Crippen LogP contribution in [0.15, 0.2) is 36.4 Å². The van der Waals surface area contributed by atoms with Crippen LogP contribution >= 0.6 is 11.6 Å². The van der Waals surface area contributed by atoms with Crippen molar-refractivity contribution in [3.63, 3.8) is 0 Å². The number of carbonyl (C=O) groups excluding carboxylic acids is 1. The van der Waals surface area contributed by atoms with E-state index in [1.165, 1.54) is 30.3 Å². The van der Waals surface area contributed by atoms with Gasteiger partial charge in [-0.1, -0.05) is 17.7 Å². The number of benzene rings is 2. The molecule has 110 valence electrons. The quantitative estimate of drug-likeness (QED) is 0.812. The van der Waals surface area contributed by atoms with E-state index in [0.29, 0.717) is 16.8 Å². The molecule has 1 atom stereocenters. The Labute approximate surface area is 126 Å². The van der Waals surface area contributed by atoms with Crippen LogP contribution in [-0.4, -0.2) is 11.0 Å². The van der Waals surface area contributed by atoms with E-state index < -0.39 is 17.8 Å². The molecule has 0 fully saturated rings. The molecule has 4 nitrogen and oxygen atoms in total. The molecule has 0 aliphatic rings. The van der Waals surface area contributed by atoms with Crippen molar-refractivity contribution in [1.29, 1.82) is 0 Å². The molecule has 2 aromatic carbocycles. The van der Waals surface area contributed by atoms with Gasteiger partial charge in [0.15, 0.2) is 0 Å². The first-order chi connectivity index (χ1) is 9.86. The molecular formula is C15H14ClFN2O2. The monoisotopic (exact) mass is 308 g/mol. The van der Waals surface area contributed by atoms with E-state index in [4.69, 9.17) is 17.3 Å². The molecule has 0 aromatic heterocycles. The second-order valence-electron chi connectivity index (χ2n) is 4.71. The molecule has 2 rings (SSSR count). The van der Waals surface area contributed by atoms with Gasteiger partial charge in [-0.05, 0) is 48.4 Å². The number of rotatable bonds is 4. The molecule has 0 saturated heterocycles. The predicted octanol–water partition coefficient (Wildman–Crippen LogP) is 3.13. The van der Waals surface area contributed by atoms with E-state index in [-0.39, 0.29) is 10.8 Å². The molecule has 1 amide bonds. The molecule has 4 N–H and O–H groups in total. The minimum atomic E-state index is -0.885. The van der Waals surface area contributed by atoms with E-state index in [0.717, 1.165) is 0 Å². The highest BCUT2D eigenvalue weighted by molar-refractivity contribution is 6.32. The first-order valence-corrected chi connectivity index (χ1v) is 6.56. The summed E-state index contributed by atoms with van der Waals surface area (Å²) in [5.41, 5.74) is 7.00. The van der Waals surface area contributed by atoms with Gasteiger partial charge >= 0.3 is 0 Å².